The van der Waals surface area contributed by atoms with Gasteiger partial charge < -0.3 is 15.4 Å². The van der Waals surface area contributed by atoms with E-state index in [0.717, 1.165) is 0 Å². The van der Waals surface area contributed by atoms with Gasteiger partial charge in [-0.15, -0.1) is 0 Å². The predicted octanol–water partition coefficient (Wildman–Crippen LogP) is 1.17. The fourth-order valence-corrected chi connectivity index (χ4v) is 1.89. The molecule has 1 saturated heterocycles. The van der Waals surface area contributed by atoms with Crippen LogP contribution in [0.5, 0.6) is 0 Å². The van der Waals surface area contributed by atoms with Crippen molar-refractivity contribution in [2.75, 3.05) is 24.6 Å². The van der Waals surface area contributed by atoms with Gasteiger partial charge in [0.15, 0.2) is 0 Å². The highest BCUT2D eigenvalue weighted by atomic mass is 35.5. The molecular weight excluding hydrogens is 247 g/mol. The Kier molecular flexibility index (Phi) is 3.61. The van der Waals surface area contributed by atoms with E-state index < -0.39 is 11.9 Å². The molecule has 92 valence electrons. The first-order valence-electron chi connectivity index (χ1n) is 5.21. The number of hydrogen-bond acceptors (Lipinski definition) is 3. The van der Waals surface area contributed by atoms with Crippen molar-refractivity contribution in [3.05, 3.63) is 29.0 Å². The minimum Gasteiger partial charge on any atom is -0.365 e. The van der Waals surface area contributed by atoms with Crippen molar-refractivity contribution in [2.24, 2.45) is 5.73 Å². The Morgan fingerprint density at radius 1 is 1.59 bits per heavy atom. The molecule has 0 bridgehead atoms. The molecule has 1 atom stereocenters. The van der Waals surface area contributed by atoms with Gasteiger partial charge in [0.25, 0.3) is 5.91 Å². The lowest BCUT2D eigenvalue weighted by atomic mass is 10.2. The van der Waals surface area contributed by atoms with Gasteiger partial charge >= 0.3 is 0 Å². The van der Waals surface area contributed by atoms with E-state index in [2.05, 4.69) is 0 Å². The van der Waals surface area contributed by atoms with Gasteiger partial charge in [-0.1, -0.05) is 11.6 Å². The van der Waals surface area contributed by atoms with Crippen LogP contribution in [0.3, 0.4) is 0 Å². The number of hydrogen-bond donors (Lipinski definition) is 1. The highest BCUT2D eigenvalue weighted by Gasteiger charge is 2.29. The van der Waals surface area contributed by atoms with Crippen molar-refractivity contribution >= 4 is 23.2 Å². The predicted molar refractivity (Wildman–Crippen MR) is 62.6 cm³/mol. The zero-order valence-electron chi connectivity index (χ0n) is 9.03. The van der Waals surface area contributed by atoms with Crippen LogP contribution in [0.25, 0.3) is 0 Å². The summed E-state index contributed by atoms with van der Waals surface area (Å²) in [5.74, 6) is -0.729. The molecular formula is C11H12ClFN2O2. The highest BCUT2D eigenvalue weighted by Crippen LogP contribution is 2.24. The van der Waals surface area contributed by atoms with Crippen LogP contribution in [0.15, 0.2) is 18.2 Å². The molecule has 0 saturated carbocycles. The Morgan fingerprint density at radius 3 is 3.00 bits per heavy atom. The molecule has 17 heavy (non-hydrogen) atoms. The number of rotatable bonds is 2. The maximum Gasteiger partial charge on any atom is 0.257 e. The number of morpholine rings is 1. The second-order valence-electron chi connectivity index (χ2n) is 3.68. The molecule has 1 aromatic carbocycles. The van der Waals surface area contributed by atoms with Gasteiger partial charge in [-0.3, -0.25) is 4.79 Å². The van der Waals surface area contributed by atoms with Crippen LogP contribution in [-0.2, 0) is 9.53 Å². The van der Waals surface area contributed by atoms with Gasteiger partial charge in [0, 0.05) is 18.8 Å². The van der Waals surface area contributed by atoms with Gasteiger partial charge in [0.1, 0.15) is 11.9 Å². The normalized spacial score (nSPS) is 20.8. The minimum absolute atomic E-state index is 0.00825. The number of ether oxygens (including phenoxy) is 1. The SMILES string of the molecule is NCC1OCCN(c2ccc(F)c(Cl)c2)C1=O. The van der Waals surface area contributed by atoms with E-state index in [9.17, 15) is 9.18 Å². The Balaban J connectivity index is 2.26. The molecule has 1 aromatic rings. The first kappa shape index (κ1) is 12.3. The van der Waals surface area contributed by atoms with Crippen molar-refractivity contribution in [3.63, 3.8) is 0 Å². The first-order valence-corrected chi connectivity index (χ1v) is 5.59. The van der Waals surface area contributed by atoms with Crippen molar-refractivity contribution < 1.29 is 13.9 Å². The van der Waals surface area contributed by atoms with E-state index in [1.165, 1.54) is 23.1 Å². The molecule has 2 N–H and O–H groups in total. The van der Waals surface area contributed by atoms with Crippen molar-refractivity contribution in [3.8, 4) is 0 Å². The number of anilines is 1. The van der Waals surface area contributed by atoms with Crippen molar-refractivity contribution in [2.45, 2.75) is 6.10 Å². The van der Waals surface area contributed by atoms with E-state index in [1.54, 1.807) is 0 Å². The number of benzene rings is 1. The van der Waals surface area contributed by atoms with Crippen molar-refractivity contribution in [1.29, 1.82) is 0 Å². The fraction of sp³-hybridized carbons (Fsp3) is 0.364. The molecule has 0 aliphatic carbocycles. The number of halogens is 2. The number of amides is 1. The minimum atomic E-state index is -0.632. The molecule has 1 heterocycles. The topological polar surface area (TPSA) is 55.6 Å². The molecule has 1 unspecified atom stereocenters. The van der Waals surface area contributed by atoms with Crippen LogP contribution in [0.4, 0.5) is 10.1 Å². The van der Waals surface area contributed by atoms with Crippen molar-refractivity contribution in [1.82, 2.24) is 0 Å². The van der Waals surface area contributed by atoms with Gasteiger partial charge in [-0.25, -0.2) is 4.39 Å². The molecule has 1 fully saturated rings. The number of nitrogens with two attached hydrogens (primary N) is 1. The number of carbonyl (C=O) groups excluding carboxylic acids is 1. The quantitative estimate of drug-likeness (QED) is 0.866. The monoisotopic (exact) mass is 258 g/mol. The summed E-state index contributed by atoms with van der Waals surface area (Å²) in [6, 6.07) is 4.17. The summed E-state index contributed by atoms with van der Waals surface area (Å²) < 4.78 is 18.2. The molecule has 1 aliphatic heterocycles. The van der Waals surface area contributed by atoms with Crippen LogP contribution in [0.2, 0.25) is 5.02 Å². The Morgan fingerprint density at radius 2 is 2.35 bits per heavy atom. The molecule has 6 heteroatoms. The summed E-state index contributed by atoms with van der Waals surface area (Å²) in [6.45, 7) is 0.949. The van der Waals surface area contributed by atoms with Gasteiger partial charge in [0.2, 0.25) is 0 Å². The third kappa shape index (κ3) is 2.41. The van der Waals surface area contributed by atoms with Crippen LogP contribution in [-0.4, -0.2) is 31.7 Å². The Labute approximate surface area is 103 Å². The average Bonchev–Trinajstić information content (AvgIpc) is 2.33. The molecule has 4 nitrogen and oxygen atoms in total. The lowest BCUT2D eigenvalue weighted by molar-refractivity contribution is -0.133. The fourth-order valence-electron chi connectivity index (χ4n) is 1.72. The lowest BCUT2D eigenvalue weighted by Gasteiger charge is -2.32. The third-order valence-corrected chi connectivity index (χ3v) is 2.89. The summed E-state index contributed by atoms with van der Waals surface area (Å²) in [5.41, 5.74) is 5.99. The van der Waals surface area contributed by atoms with E-state index in [-0.39, 0.29) is 17.5 Å². The number of carbonyl (C=O) groups is 1. The largest absolute Gasteiger partial charge is 0.365 e. The van der Waals surface area contributed by atoms with Crippen LogP contribution >= 0.6 is 11.6 Å². The van der Waals surface area contributed by atoms with Gasteiger partial charge in [0.05, 0.1) is 11.6 Å². The molecule has 1 aliphatic rings. The summed E-state index contributed by atoms with van der Waals surface area (Å²) in [6.07, 6.45) is -0.632. The van der Waals surface area contributed by atoms with Crippen LogP contribution < -0.4 is 10.6 Å². The molecule has 0 radical (unpaired) electrons. The standard InChI is InChI=1S/C11H12ClFN2O2/c12-8-5-7(1-2-9(8)13)15-3-4-17-10(6-14)11(15)16/h1-2,5,10H,3-4,6,14H2. The van der Waals surface area contributed by atoms with Gasteiger partial charge in [-0.05, 0) is 18.2 Å². The maximum absolute atomic E-state index is 13.0. The van der Waals surface area contributed by atoms with E-state index in [1.807, 2.05) is 0 Å². The molecule has 2 rings (SSSR count). The van der Waals surface area contributed by atoms with Gasteiger partial charge in [-0.2, -0.15) is 0 Å². The zero-order chi connectivity index (χ0) is 12.4. The van der Waals surface area contributed by atoms with E-state index in [0.29, 0.717) is 18.8 Å². The second-order valence-corrected chi connectivity index (χ2v) is 4.09. The summed E-state index contributed by atoms with van der Waals surface area (Å²) in [5, 5.41) is -0.00825. The summed E-state index contributed by atoms with van der Waals surface area (Å²) in [4.78, 5) is 13.4. The van der Waals surface area contributed by atoms with E-state index >= 15 is 0 Å². The lowest BCUT2D eigenvalue weighted by Crippen LogP contribution is -2.50. The zero-order valence-corrected chi connectivity index (χ0v) is 9.78. The maximum atomic E-state index is 13.0. The average molecular weight is 259 g/mol. The first-order chi connectivity index (χ1) is 8.13. The van der Waals surface area contributed by atoms with Crippen LogP contribution in [0, 0.1) is 5.82 Å². The Hall–Kier alpha value is -1.17. The Bertz CT molecular complexity index is 441. The third-order valence-electron chi connectivity index (χ3n) is 2.60. The smallest absolute Gasteiger partial charge is 0.257 e. The van der Waals surface area contributed by atoms with E-state index in [4.69, 9.17) is 22.1 Å². The highest BCUT2D eigenvalue weighted by molar-refractivity contribution is 6.31. The summed E-state index contributed by atoms with van der Waals surface area (Å²) >= 11 is 5.68. The van der Waals surface area contributed by atoms with Crippen LogP contribution in [0.1, 0.15) is 0 Å². The second kappa shape index (κ2) is 5.00. The molecule has 1 amide bonds. The molecule has 0 spiro atoms. The number of nitrogens with zero attached hydrogens (tertiary/aromatic N) is 1. The molecule has 0 aromatic heterocycles. The summed E-state index contributed by atoms with van der Waals surface area (Å²) in [7, 11) is 0.